The number of piperidine rings is 1. The highest BCUT2D eigenvalue weighted by molar-refractivity contribution is 5.77. The van der Waals surface area contributed by atoms with E-state index in [0.29, 0.717) is 12.5 Å². The van der Waals surface area contributed by atoms with Crippen LogP contribution in [-0.4, -0.2) is 47.9 Å². The van der Waals surface area contributed by atoms with E-state index in [2.05, 4.69) is 29.3 Å². The number of hydrogen-bond donors (Lipinski definition) is 2. The maximum Gasteiger partial charge on any atom is 0.317 e. The second-order valence-electron chi connectivity index (χ2n) is 7.80. The molecular formula is C20H30N4O2. The van der Waals surface area contributed by atoms with Crippen molar-refractivity contribution in [3.05, 3.63) is 35.4 Å². The highest BCUT2D eigenvalue weighted by Crippen LogP contribution is 2.19. The van der Waals surface area contributed by atoms with E-state index in [1.165, 1.54) is 5.56 Å². The van der Waals surface area contributed by atoms with E-state index in [9.17, 15) is 9.59 Å². The summed E-state index contributed by atoms with van der Waals surface area (Å²) in [5.41, 5.74) is 7.77. The average Bonchev–Trinajstić information content (AvgIpc) is 3.07. The predicted molar refractivity (Wildman–Crippen MR) is 101 cm³/mol. The number of benzene rings is 1. The second kappa shape index (κ2) is 8.54. The van der Waals surface area contributed by atoms with E-state index in [0.717, 1.165) is 57.5 Å². The van der Waals surface area contributed by atoms with Crippen LogP contribution in [0.15, 0.2) is 24.3 Å². The smallest absolute Gasteiger partial charge is 0.317 e. The highest BCUT2D eigenvalue weighted by atomic mass is 16.2. The predicted octanol–water partition coefficient (Wildman–Crippen LogP) is 1.94. The van der Waals surface area contributed by atoms with Gasteiger partial charge in [-0.15, -0.1) is 0 Å². The lowest BCUT2D eigenvalue weighted by molar-refractivity contribution is -0.123. The number of carbonyl (C=O) groups is 2. The molecule has 0 aliphatic carbocycles. The largest absolute Gasteiger partial charge is 0.369 e. The lowest BCUT2D eigenvalue weighted by Gasteiger charge is -2.31. The molecule has 3 amide bonds. The first-order valence-electron chi connectivity index (χ1n) is 9.63. The Hall–Kier alpha value is -2.08. The number of nitrogens with one attached hydrogen (secondary N) is 1. The molecule has 2 fully saturated rings. The zero-order chi connectivity index (χ0) is 18.5. The van der Waals surface area contributed by atoms with E-state index in [4.69, 9.17) is 5.73 Å². The summed E-state index contributed by atoms with van der Waals surface area (Å²) in [6, 6.07) is 8.34. The number of urea groups is 1. The third-order valence-corrected chi connectivity index (χ3v) is 5.46. The first kappa shape index (κ1) is 18.7. The molecule has 142 valence electrons. The minimum atomic E-state index is -0.192. The van der Waals surface area contributed by atoms with Crippen molar-refractivity contribution in [2.24, 2.45) is 17.6 Å². The van der Waals surface area contributed by atoms with Crippen molar-refractivity contribution in [3.8, 4) is 0 Å². The van der Waals surface area contributed by atoms with Crippen LogP contribution in [0, 0.1) is 11.8 Å². The summed E-state index contributed by atoms with van der Waals surface area (Å²) in [4.78, 5) is 27.9. The van der Waals surface area contributed by atoms with Crippen molar-refractivity contribution in [1.29, 1.82) is 0 Å². The summed E-state index contributed by atoms with van der Waals surface area (Å²) < 4.78 is 0. The molecule has 0 radical (unpaired) electrons. The lowest BCUT2D eigenvalue weighted by Crippen LogP contribution is -2.40. The van der Waals surface area contributed by atoms with Gasteiger partial charge in [0.25, 0.3) is 0 Å². The Kier molecular flexibility index (Phi) is 6.14. The number of nitrogens with zero attached hydrogens (tertiary/aromatic N) is 2. The van der Waals surface area contributed by atoms with E-state index >= 15 is 0 Å². The second-order valence-corrected chi connectivity index (χ2v) is 7.80. The van der Waals surface area contributed by atoms with Crippen LogP contribution in [-0.2, 0) is 17.9 Å². The third-order valence-electron chi connectivity index (χ3n) is 5.46. The molecule has 6 nitrogen and oxygen atoms in total. The summed E-state index contributed by atoms with van der Waals surface area (Å²) in [6.07, 6.45) is 3.00. The number of rotatable bonds is 5. The van der Waals surface area contributed by atoms with Crippen molar-refractivity contribution in [2.45, 2.75) is 39.3 Å². The molecule has 2 saturated heterocycles. The lowest BCUT2D eigenvalue weighted by atomic mass is 9.97. The van der Waals surface area contributed by atoms with Crippen LogP contribution in [0.2, 0.25) is 0 Å². The molecule has 0 bridgehead atoms. The van der Waals surface area contributed by atoms with Gasteiger partial charge in [-0.3, -0.25) is 9.69 Å². The van der Waals surface area contributed by atoms with E-state index in [1.807, 2.05) is 17.0 Å². The number of amides is 3. The molecule has 3 N–H and O–H groups in total. The van der Waals surface area contributed by atoms with E-state index in [-0.39, 0.29) is 17.9 Å². The Morgan fingerprint density at radius 2 is 2.00 bits per heavy atom. The maximum atomic E-state index is 12.2. The number of hydrogen-bond acceptors (Lipinski definition) is 3. The molecule has 6 heteroatoms. The zero-order valence-electron chi connectivity index (χ0n) is 15.6. The number of nitrogens with two attached hydrogens (primary N) is 1. The topological polar surface area (TPSA) is 78.7 Å². The van der Waals surface area contributed by atoms with Crippen molar-refractivity contribution >= 4 is 11.9 Å². The first-order valence-corrected chi connectivity index (χ1v) is 9.63. The van der Waals surface area contributed by atoms with Gasteiger partial charge in [-0.1, -0.05) is 31.2 Å². The van der Waals surface area contributed by atoms with Crippen LogP contribution in [0.5, 0.6) is 0 Å². The van der Waals surface area contributed by atoms with E-state index in [1.54, 1.807) is 0 Å². The molecule has 2 aliphatic heterocycles. The average molecular weight is 358 g/mol. The zero-order valence-corrected chi connectivity index (χ0v) is 15.6. The Bertz CT molecular complexity index is 648. The van der Waals surface area contributed by atoms with Gasteiger partial charge >= 0.3 is 6.03 Å². The van der Waals surface area contributed by atoms with E-state index < -0.39 is 0 Å². The summed E-state index contributed by atoms with van der Waals surface area (Å²) in [7, 11) is 0. The van der Waals surface area contributed by atoms with Crippen LogP contribution in [0.1, 0.15) is 37.3 Å². The summed E-state index contributed by atoms with van der Waals surface area (Å²) >= 11 is 0. The number of primary amides is 1. The molecule has 0 aromatic heterocycles. The minimum absolute atomic E-state index is 0.0279. The number of carbonyl (C=O) groups excluding carboxylic acids is 2. The molecule has 26 heavy (non-hydrogen) atoms. The van der Waals surface area contributed by atoms with Gasteiger partial charge in [-0.05, 0) is 42.9 Å². The van der Waals surface area contributed by atoms with Crippen LogP contribution >= 0.6 is 0 Å². The fourth-order valence-corrected chi connectivity index (χ4v) is 3.94. The first-order chi connectivity index (χ1) is 12.5. The molecular weight excluding hydrogens is 328 g/mol. The SMILES string of the molecule is CC1CCN(C(=O)NCc2cccc(CN3CCCC(C(N)=O)C3)c2)C1. The van der Waals surface area contributed by atoms with Crippen LogP contribution in [0.4, 0.5) is 4.79 Å². The summed E-state index contributed by atoms with van der Waals surface area (Å²) in [6.45, 7) is 6.98. The van der Waals surface area contributed by atoms with Gasteiger partial charge in [0.05, 0.1) is 5.92 Å². The molecule has 0 spiro atoms. The Morgan fingerprint density at radius 3 is 2.73 bits per heavy atom. The van der Waals surface area contributed by atoms with Gasteiger partial charge in [0.2, 0.25) is 5.91 Å². The van der Waals surface area contributed by atoms with Crippen molar-refractivity contribution in [2.75, 3.05) is 26.2 Å². The van der Waals surface area contributed by atoms with Crippen LogP contribution in [0.25, 0.3) is 0 Å². The molecule has 3 rings (SSSR count). The third kappa shape index (κ3) is 4.97. The number of likely N-dealkylation sites (tertiary alicyclic amines) is 2. The molecule has 0 saturated carbocycles. The molecule has 2 aliphatic rings. The van der Waals surface area contributed by atoms with Crippen LogP contribution in [0.3, 0.4) is 0 Å². The molecule has 2 heterocycles. The van der Waals surface area contributed by atoms with Gasteiger partial charge in [-0.2, -0.15) is 0 Å². The quantitative estimate of drug-likeness (QED) is 0.844. The van der Waals surface area contributed by atoms with Gasteiger partial charge in [-0.25, -0.2) is 4.79 Å². The van der Waals surface area contributed by atoms with Crippen LogP contribution < -0.4 is 11.1 Å². The van der Waals surface area contributed by atoms with Gasteiger partial charge < -0.3 is 16.0 Å². The normalized spacial score (nSPS) is 23.8. The summed E-state index contributed by atoms with van der Waals surface area (Å²) in [5.74, 6) is 0.370. The van der Waals surface area contributed by atoms with Gasteiger partial charge in [0, 0.05) is 32.7 Å². The monoisotopic (exact) mass is 358 g/mol. The summed E-state index contributed by atoms with van der Waals surface area (Å²) in [5, 5.41) is 3.03. The minimum Gasteiger partial charge on any atom is -0.369 e. The molecule has 1 aromatic carbocycles. The molecule has 1 aromatic rings. The van der Waals surface area contributed by atoms with Crippen molar-refractivity contribution < 1.29 is 9.59 Å². The Labute approximate surface area is 155 Å². The van der Waals surface area contributed by atoms with Crippen molar-refractivity contribution in [3.63, 3.8) is 0 Å². The van der Waals surface area contributed by atoms with Gasteiger partial charge in [0.1, 0.15) is 0 Å². The van der Waals surface area contributed by atoms with Crippen molar-refractivity contribution in [1.82, 2.24) is 15.1 Å². The molecule has 2 unspecified atom stereocenters. The highest BCUT2D eigenvalue weighted by Gasteiger charge is 2.24. The molecule has 2 atom stereocenters. The standard InChI is InChI=1S/C20H30N4O2/c1-15-7-9-24(12-15)20(26)22-11-16-4-2-5-17(10-16)13-23-8-3-6-18(14-23)19(21)25/h2,4-5,10,15,18H,3,6-9,11-14H2,1H3,(H2,21,25)(H,22,26). The fourth-order valence-electron chi connectivity index (χ4n) is 3.94. The van der Waals surface area contributed by atoms with Gasteiger partial charge in [0.15, 0.2) is 0 Å². The fraction of sp³-hybridized carbons (Fsp3) is 0.600. The Balaban J connectivity index is 1.51. The maximum absolute atomic E-state index is 12.2. The Morgan fingerprint density at radius 1 is 1.19 bits per heavy atom.